The average molecular weight is 248 g/mol. The van der Waals surface area contributed by atoms with E-state index >= 15 is 0 Å². The molecule has 0 atom stereocenters. The summed E-state index contributed by atoms with van der Waals surface area (Å²) in [5.74, 6) is -0.178. The van der Waals surface area contributed by atoms with Gasteiger partial charge in [-0.05, 0) is 18.9 Å². The van der Waals surface area contributed by atoms with Gasteiger partial charge in [-0.15, -0.1) is 0 Å². The molecule has 0 aromatic carbocycles. The molecule has 0 aromatic rings. The van der Waals surface area contributed by atoms with Gasteiger partial charge in [0.15, 0.2) is 5.78 Å². The lowest BCUT2D eigenvalue weighted by molar-refractivity contribution is -0.117. The largest absolute Gasteiger partial charge is 0.401 e. The Labute approximate surface area is 110 Å². The average Bonchev–Trinajstić information content (AvgIpc) is 2.29. The molecule has 0 aliphatic carbocycles. The maximum atomic E-state index is 12.1. The number of hydrogen-bond acceptors (Lipinski definition) is 3. The van der Waals surface area contributed by atoms with E-state index in [-0.39, 0.29) is 23.3 Å². The van der Waals surface area contributed by atoms with Crippen molar-refractivity contribution in [1.82, 2.24) is 0 Å². The Hall–Kier alpha value is -1.64. The van der Waals surface area contributed by atoms with Gasteiger partial charge >= 0.3 is 0 Å². The molecule has 0 radical (unpaired) electrons. The maximum Gasteiger partial charge on any atom is 0.169 e. The van der Waals surface area contributed by atoms with Crippen molar-refractivity contribution in [2.24, 2.45) is 17.6 Å². The van der Waals surface area contributed by atoms with Crippen molar-refractivity contribution in [3.63, 3.8) is 0 Å². The van der Waals surface area contributed by atoms with Crippen molar-refractivity contribution in [1.29, 1.82) is 5.41 Å². The first-order valence-electron chi connectivity index (χ1n) is 6.25. The summed E-state index contributed by atoms with van der Waals surface area (Å²) in [7, 11) is 0. The molecule has 0 aromatic heterocycles. The number of hydrogen-bond donors (Lipinski definition) is 2. The van der Waals surface area contributed by atoms with Crippen molar-refractivity contribution in [3.8, 4) is 0 Å². The Morgan fingerprint density at radius 1 is 1.11 bits per heavy atom. The van der Waals surface area contributed by atoms with Crippen LogP contribution in [0, 0.1) is 17.2 Å². The Bertz CT molecular complexity index is 399. The summed E-state index contributed by atoms with van der Waals surface area (Å²) in [6, 6.07) is 0. The topological polar surface area (TPSA) is 66.9 Å². The summed E-state index contributed by atoms with van der Waals surface area (Å²) >= 11 is 0. The van der Waals surface area contributed by atoms with Gasteiger partial charge in [-0.1, -0.05) is 45.9 Å². The van der Waals surface area contributed by atoms with E-state index in [1.165, 1.54) is 0 Å². The van der Waals surface area contributed by atoms with Gasteiger partial charge in [-0.25, -0.2) is 0 Å². The fourth-order valence-electron chi connectivity index (χ4n) is 1.35. The normalized spacial score (nSPS) is 13.7. The van der Waals surface area contributed by atoms with Crippen LogP contribution in [0.3, 0.4) is 0 Å². The van der Waals surface area contributed by atoms with Crippen molar-refractivity contribution in [3.05, 3.63) is 35.6 Å². The minimum absolute atomic E-state index is 0.0539. The molecule has 3 heteroatoms. The summed E-state index contributed by atoms with van der Waals surface area (Å²) < 4.78 is 0. The number of nitrogens with two attached hydrogens (primary N) is 1. The molecule has 18 heavy (non-hydrogen) atoms. The van der Waals surface area contributed by atoms with Crippen LogP contribution in [0.4, 0.5) is 0 Å². The Morgan fingerprint density at radius 3 is 2.06 bits per heavy atom. The molecule has 0 rings (SSSR count). The summed E-state index contributed by atoms with van der Waals surface area (Å²) in [4.78, 5) is 12.1. The fraction of sp³-hybridized carbons (Fsp3) is 0.467. The van der Waals surface area contributed by atoms with E-state index in [1.807, 2.05) is 46.8 Å². The van der Waals surface area contributed by atoms with E-state index < -0.39 is 0 Å². The third-order valence-corrected chi connectivity index (χ3v) is 2.52. The summed E-state index contributed by atoms with van der Waals surface area (Å²) in [6.07, 6.45) is 7.02. The number of ketones is 1. The van der Waals surface area contributed by atoms with Crippen molar-refractivity contribution < 1.29 is 4.79 Å². The van der Waals surface area contributed by atoms with Crippen molar-refractivity contribution in [2.45, 2.75) is 34.6 Å². The smallest absolute Gasteiger partial charge is 0.169 e. The van der Waals surface area contributed by atoms with E-state index in [9.17, 15) is 4.79 Å². The molecule has 0 saturated heterocycles. The molecule has 0 heterocycles. The molecule has 0 fully saturated rings. The molecule has 0 bridgehead atoms. The highest BCUT2D eigenvalue weighted by Crippen LogP contribution is 2.16. The zero-order chi connectivity index (χ0) is 14.3. The molecule has 100 valence electrons. The summed E-state index contributed by atoms with van der Waals surface area (Å²) in [5.41, 5.74) is 6.99. The number of carbonyl (C=O) groups excluding carboxylic acids is 1. The number of nitrogens with one attached hydrogen (secondary N) is 1. The standard InChI is InChI=1S/C15H24N2O/c1-6-7-8-9-12(16)13(14(17)10(2)3)15(18)11(4)5/h6-11,16H,17H2,1-5H3/b7-6-,9-8-,14-13?,16-12?. The molecule has 3 nitrogen and oxygen atoms in total. The van der Waals surface area contributed by atoms with Gasteiger partial charge in [-0.2, -0.15) is 0 Å². The molecule has 0 amide bonds. The van der Waals surface area contributed by atoms with Crippen LogP contribution < -0.4 is 5.73 Å². The van der Waals surface area contributed by atoms with Gasteiger partial charge in [0.1, 0.15) is 0 Å². The van der Waals surface area contributed by atoms with Crippen LogP contribution in [-0.4, -0.2) is 11.5 Å². The van der Waals surface area contributed by atoms with E-state index in [4.69, 9.17) is 11.1 Å². The molecular formula is C15H24N2O. The summed E-state index contributed by atoms with van der Waals surface area (Å²) in [6.45, 7) is 9.38. The van der Waals surface area contributed by atoms with Crippen LogP contribution in [0.25, 0.3) is 0 Å². The van der Waals surface area contributed by atoms with Crippen LogP contribution in [0.15, 0.2) is 35.6 Å². The monoisotopic (exact) mass is 248 g/mol. The van der Waals surface area contributed by atoms with E-state index in [1.54, 1.807) is 12.2 Å². The van der Waals surface area contributed by atoms with Crippen LogP contribution in [0.2, 0.25) is 0 Å². The molecule has 0 aliphatic rings. The van der Waals surface area contributed by atoms with E-state index in [0.29, 0.717) is 11.3 Å². The lowest BCUT2D eigenvalue weighted by Crippen LogP contribution is -2.23. The highest BCUT2D eigenvalue weighted by atomic mass is 16.1. The predicted molar refractivity (Wildman–Crippen MR) is 77.6 cm³/mol. The first-order chi connectivity index (χ1) is 8.32. The van der Waals surface area contributed by atoms with Gasteiger partial charge in [0.25, 0.3) is 0 Å². The Balaban J connectivity index is 5.44. The molecule has 0 unspecified atom stereocenters. The first-order valence-corrected chi connectivity index (χ1v) is 6.25. The lowest BCUT2D eigenvalue weighted by atomic mass is 9.92. The molecule has 3 N–H and O–H groups in total. The third kappa shape index (κ3) is 4.70. The van der Waals surface area contributed by atoms with Gasteiger partial charge < -0.3 is 11.1 Å². The number of Topliss-reactive ketones (excluding diaryl/α,β-unsaturated/α-hetero) is 1. The number of rotatable bonds is 6. The molecular weight excluding hydrogens is 224 g/mol. The quantitative estimate of drug-likeness (QED) is 0.430. The third-order valence-electron chi connectivity index (χ3n) is 2.52. The van der Waals surface area contributed by atoms with Gasteiger partial charge in [0, 0.05) is 11.6 Å². The second kappa shape index (κ2) is 7.64. The summed E-state index contributed by atoms with van der Waals surface area (Å²) in [5, 5.41) is 7.99. The molecule has 0 aliphatic heterocycles. The second-order valence-corrected chi connectivity index (χ2v) is 4.80. The maximum absolute atomic E-state index is 12.1. The molecule has 0 saturated carbocycles. The minimum Gasteiger partial charge on any atom is -0.401 e. The Kier molecular flexibility index (Phi) is 6.94. The van der Waals surface area contributed by atoms with Crippen LogP contribution in [-0.2, 0) is 4.79 Å². The highest BCUT2D eigenvalue weighted by Gasteiger charge is 2.21. The van der Waals surface area contributed by atoms with Crippen LogP contribution in [0.1, 0.15) is 34.6 Å². The second-order valence-electron chi connectivity index (χ2n) is 4.80. The first kappa shape index (κ1) is 16.4. The fourth-order valence-corrected chi connectivity index (χ4v) is 1.35. The van der Waals surface area contributed by atoms with Crippen molar-refractivity contribution in [2.75, 3.05) is 0 Å². The predicted octanol–water partition coefficient (Wildman–Crippen LogP) is 3.23. The zero-order valence-electron chi connectivity index (χ0n) is 11.9. The SMILES string of the molecule is C/C=C\C=C/C(=N)C(C(=O)C(C)C)=C(N)C(C)C. The zero-order valence-corrected chi connectivity index (χ0v) is 11.9. The van der Waals surface area contributed by atoms with E-state index in [2.05, 4.69) is 0 Å². The number of carbonyl (C=O) groups is 1. The van der Waals surface area contributed by atoms with Crippen molar-refractivity contribution >= 4 is 11.5 Å². The highest BCUT2D eigenvalue weighted by molar-refractivity contribution is 6.26. The lowest BCUT2D eigenvalue weighted by Gasteiger charge is -2.15. The van der Waals surface area contributed by atoms with Gasteiger partial charge in [0.05, 0.1) is 11.3 Å². The minimum atomic E-state index is -0.159. The van der Waals surface area contributed by atoms with Gasteiger partial charge in [0.2, 0.25) is 0 Å². The number of allylic oxidation sites excluding steroid dienone is 6. The molecule has 0 spiro atoms. The van der Waals surface area contributed by atoms with Crippen LogP contribution >= 0.6 is 0 Å². The van der Waals surface area contributed by atoms with E-state index in [0.717, 1.165) is 0 Å². The Morgan fingerprint density at radius 2 is 1.67 bits per heavy atom. The van der Waals surface area contributed by atoms with Crippen LogP contribution in [0.5, 0.6) is 0 Å². The van der Waals surface area contributed by atoms with Gasteiger partial charge in [-0.3, -0.25) is 4.79 Å².